The van der Waals surface area contributed by atoms with Gasteiger partial charge in [-0.05, 0) is 26.0 Å². The van der Waals surface area contributed by atoms with Gasteiger partial charge in [0.1, 0.15) is 11.3 Å². The van der Waals surface area contributed by atoms with Crippen LogP contribution in [0.1, 0.15) is 24.2 Å². The Morgan fingerprint density at radius 2 is 2.05 bits per heavy atom. The molecule has 1 aromatic rings. The molecule has 0 atom stereocenters. The Hall–Kier alpha value is -2.64. The van der Waals surface area contributed by atoms with Gasteiger partial charge in [0, 0.05) is 6.04 Å². The van der Waals surface area contributed by atoms with E-state index in [1.807, 2.05) is 0 Å². The molecule has 0 radical (unpaired) electrons. The number of nitro groups is 1. The average molecular weight is 281 g/mol. The fourth-order valence-electron chi connectivity index (χ4n) is 1.84. The molecule has 0 aliphatic carbocycles. The minimum atomic E-state index is -1.40. The second-order valence-electron chi connectivity index (χ2n) is 4.42. The van der Waals surface area contributed by atoms with Gasteiger partial charge >= 0.3 is 11.7 Å². The van der Waals surface area contributed by atoms with E-state index in [9.17, 15) is 19.7 Å². The molecule has 0 aliphatic heterocycles. The highest BCUT2D eigenvalue weighted by Gasteiger charge is 2.28. The predicted molar refractivity (Wildman–Crippen MR) is 71.7 cm³/mol. The molecule has 0 aromatic heterocycles. The number of hydrogen-bond acceptors (Lipinski definition) is 5. The molecule has 1 amide bonds. The number of nitrogens with two attached hydrogens (primary N) is 1. The molecule has 0 bridgehead atoms. The number of carbonyl (C=O) groups excluding carboxylic acids is 1. The zero-order valence-corrected chi connectivity index (χ0v) is 11.1. The summed E-state index contributed by atoms with van der Waals surface area (Å²) in [6, 6.07) is 3.67. The van der Waals surface area contributed by atoms with E-state index in [2.05, 4.69) is 0 Å². The van der Waals surface area contributed by atoms with E-state index in [0.29, 0.717) is 0 Å². The topological polar surface area (TPSA) is 127 Å². The van der Waals surface area contributed by atoms with E-state index < -0.39 is 28.1 Å². The number of anilines is 1. The number of amides is 1. The molecule has 0 heterocycles. The number of para-hydroxylation sites is 1. The molecule has 1 rings (SSSR count). The van der Waals surface area contributed by atoms with Gasteiger partial charge in [-0.1, -0.05) is 6.07 Å². The molecule has 8 nitrogen and oxygen atoms in total. The van der Waals surface area contributed by atoms with Crippen molar-refractivity contribution >= 4 is 23.3 Å². The summed E-state index contributed by atoms with van der Waals surface area (Å²) >= 11 is 0. The molecule has 0 unspecified atom stereocenters. The van der Waals surface area contributed by atoms with Crippen LogP contribution in [-0.4, -0.2) is 34.5 Å². The van der Waals surface area contributed by atoms with Crippen LogP contribution in [0.25, 0.3) is 0 Å². The Morgan fingerprint density at radius 1 is 1.45 bits per heavy atom. The van der Waals surface area contributed by atoms with Crippen molar-refractivity contribution in [1.29, 1.82) is 0 Å². The first kappa shape index (κ1) is 15.4. The molecule has 0 fully saturated rings. The Kier molecular flexibility index (Phi) is 4.63. The summed E-state index contributed by atoms with van der Waals surface area (Å²) < 4.78 is 0. The maximum absolute atomic E-state index is 11.2. The molecule has 1 aromatic carbocycles. The highest BCUT2D eigenvalue weighted by molar-refractivity contribution is 5.96. The third-order valence-electron chi connectivity index (χ3n) is 2.69. The lowest BCUT2D eigenvalue weighted by Crippen LogP contribution is -2.39. The summed E-state index contributed by atoms with van der Waals surface area (Å²) in [5.41, 5.74) is 4.21. The van der Waals surface area contributed by atoms with Gasteiger partial charge in [0.05, 0.1) is 11.5 Å². The molecule has 0 spiro atoms. The third-order valence-corrected chi connectivity index (χ3v) is 2.69. The number of primary amides is 1. The number of carbonyl (C=O) groups is 2. The molecular formula is C12H15N3O5. The number of rotatable bonds is 6. The van der Waals surface area contributed by atoms with Crippen LogP contribution in [0.15, 0.2) is 18.2 Å². The summed E-state index contributed by atoms with van der Waals surface area (Å²) in [7, 11) is 0. The van der Waals surface area contributed by atoms with Crippen molar-refractivity contribution in [2.24, 2.45) is 5.73 Å². The van der Waals surface area contributed by atoms with Crippen LogP contribution in [-0.2, 0) is 4.79 Å². The number of nitro benzene ring substituents is 1. The van der Waals surface area contributed by atoms with E-state index in [0.717, 1.165) is 6.07 Å². The Balaban J connectivity index is 3.48. The van der Waals surface area contributed by atoms with Crippen molar-refractivity contribution in [3.8, 4) is 0 Å². The SMILES string of the molecule is CC(C)N(CC(N)=O)c1cccc(C(=O)O)c1[N+](=O)[O-]. The number of aromatic carboxylic acids is 1. The molecule has 8 heteroatoms. The lowest BCUT2D eigenvalue weighted by Gasteiger charge is -2.27. The van der Waals surface area contributed by atoms with Gasteiger partial charge in [0.2, 0.25) is 5.91 Å². The van der Waals surface area contributed by atoms with Crippen molar-refractivity contribution < 1.29 is 19.6 Å². The van der Waals surface area contributed by atoms with Crippen LogP contribution in [0.3, 0.4) is 0 Å². The maximum atomic E-state index is 11.2. The number of hydrogen-bond donors (Lipinski definition) is 2. The van der Waals surface area contributed by atoms with Gasteiger partial charge in [-0.3, -0.25) is 14.9 Å². The smallest absolute Gasteiger partial charge is 0.342 e. The lowest BCUT2D eigenvalue weighted by molar-refractivity contribution is -0.384. The first-order valence-electron chi connectivity index (χ1n) is 5.81. The second kappa shape index (κ2) is 6.00. The normalized spacial score (nSPS) is 10.3. The minimum Gasteiger partial charge on any atom is -0.477 e. The van der Waals surface area contributed by atoms with Gasteiger partial charge in [-0.15, -0.1) is 0 Å². The molecule has 0 saturated carbocycles. The molecule has 0 aliphatic rings. The number of nitrogens with zero attached hydrogens (tertiary/aromatic N) is 2. The van der Waals surface area contributed by atoms with Crippen molar-refractivity contribution in [2.45, 2.75) is 19.9 Å². The summed E-state index contributed by atoms with van der Waals surface area (Å²) in [4.78, 5) is 33.9. The summed E-state index contributed by atoms with van der Waals surface area (Å²) in [6.45, 7) is 3.21. The van der Waals surface area contributed by atoms with E-state index in [4.69, 9.17) is 10.8 Å². The monoisotopic (exact) mass is 281 g/mol. The Morgan fingerprint density at radius 3 is 2.45 bits per heavy atom. The van der Waals surface area contributed by atoms with Crippen molar-refractivity contribution in [3.05, 3.63) is 33.9 Å². The van der Waals surface area contributed by atoms with Crippen LogP contribution >= 0.6 is 0 Å². The Bertz CT molecular complexity index is 556. The summed E-state index contributed by atoms with van der Waals surface area (Å²) in [6.07, 6.45) is 0. The lowest BCUT2D eigenvalue weighted by atomic mass is 10.1. The van der Waals surface area contributed by atoms with Crippen LogP contribution in [0.5, 0.6) is 0 Å². The fourth-order valence-corrected chi connectivity index (χ4v) is 1.84. The van der Waals surface area contributed by atoms with Crippen molar-refractivity contribution in [2.75, 3.05) is 11.4 Å². The van der Waals surface area contributed by atoms with E-state index >= 15 is 0 Å². The standard InChI is InChI=1S/C12H15N3O5/c1-7(2)14(6-10(13)16)9-5-3-4-8(12(17)18)11(9)15(19)20/h3-5,7H,6H2,1-2H3,(H2,13,16)(H,17,18). The Labute approximate surface area is 114 Å². The maximum Gasteiger partial charge on any atom is 0.342 e. The number of carboxylic acids is 1. The third kappa shape index (κ3) is 3.22. The van der Waals surface area contributed by atoms with Gasteiger partial charge < -0.3 is 15.7 Å². The fraction of sp³-hybridized carbons (Fsp3) is 0.333. The van der Waals surface area contributed by atoms with E-state index in [-0.39, 0.29) is 18.3 Å². The average Bonchev–Trinajstić information content (AvgIpc) is 2.34. The molecular weight excluding hydrogens is 266 g/mol. The molecule has 3 N–H and O–H groups in total. The van der Waals surface area contributed by atoms with Crippen molar-refractivity contribution in [1.82, 2.24) is 0 Å². The van der Waals surface area contributed by atoms with Gasteiger partial charge in [0.15, 0.2) is 0 Å². The first-order chi connectivity index (χ1) is 9.25. The largest absolute Gasteiger partial charge is 0.477 e. The van der Waals surface area contributed by atoms with Crippen LogP contribution in [0.4, 0.5) is 11.4 Å². The summed E-state index contributed by atoms with van der Waals surface area (Å²) in [5, 5.41) is 20.2. The minimum absolute atomic E-state index is 0.0590. The quantitative estimate of drug-likeness (QED) is 0.591. The summed E-state index contributed by atoms with van der Waals surface area (Å²) in [5.74, 6) is -2.06. The first-order valence-corrected chi connectivity index (χ1v) is 5.81. The van der Waals surface area contributed by atoms with E-state index in [1.54, 1.807) is 13.8 Å². The molecule has 20 heavy (non-hydrogen) atoms. The highest BCUT2D eigenvalue weighted by Crippen LogP contribution is 2.32. The van der Waals surface area contributed by atoms with E-state index in [1.165, 1.54) is 17.0 Å². The predicted octanol–water partition coefficient (Wildman–Crippen LogP) is 0.993. The second-order valence-corrected chi connectivity index (χ2v) is 4.42. The van der Waals surface area contributed by atoms with Crippen molar-refractivity contribution in [3.63, 3.8) is 0 Å². The molecule has 0 saturated heterocycles. The van der Waals surface area contributed by atoms with Gasteiger partial charge in [-0.2, -0.15) is 0 Å². The van der Waals surface area contributed by atoms with Gasteiger partial charge in [0.25, 0.3) is 0 Å². The zero-order chi connectivity index (χ0) is 15.4. The number of benzene rings is 1. The van der Waals surface area contributed by atoms with Gasteiger partial charge in [-0.25, -0.2) is 4.79 Å². The van der Waals surface area contributed by atoms with Crippen LogP contribution < -0.4 is 10.6 Å². The van der Waals surface area contributed by atoms with Crippen LogP contribution in [0.2, 0.25) is 0 Å². The zero-order valence-electron chi connectivity index (χ0n) is 11.1. The molecule has 108 valence electrons. The highest BCUT2D eigenvalue weighted by atomic mass is 16.6. The van der Waals surface area contributed by atoms with Crippen LogP contribution in [0, 0.1) is 10.1 Å². The number of carboxylic acid groups (broad SMARTS) is 1.